The van der Waals surface area contributed by atoms with Crippen LogP contribution in [0.4, 0.5) is 22.7 Å². The summed E-state index contributed by atoms with van der Waals surface area (Å²) in [4.78, 5) is 9.34. The van der Waals surface area contributed by atoms with Gasteiger partial charge in [0.25, 0.3) is 0 Å². The molecule has 0 saturated carbocycles. The summed E-state index contributed by atoms with van der Waals surface area (Å²) in [5, 5.41) is 1.96. The van der Waals surface area contributed by atoms with Crippen LogP contribution in [-0.2, 0) is 31.9 Å². The molecular weight excluding hydrogens is 952 g/mol. The van der Waals surface area contributed by atoms with Crippen molar-refractivity contribution in [2.45, 2.75) is 59.3 Å². The maximum Gasteiger partial charge on any atom is 0.135 e. The van der Waals surface area contributed by atoms with Gasteiger partial charge in [0, 0.05) is 72.5 Å². The predicted octanol–water partition coefficient (Wildman–Crippen LogP) is 15.2. The van der Waals surface area contributed by atoms with Crippen molar-refractivity contribution in [3.63, 3.8) is 0 Å². The van der Waals surface area contributed by atoms with Crippen LogP contribution < -0.4 is 14.5 Å². The third kappa shape index (κ3) is 7.85. The Hall–Kier alpha value is -6.42. The van der Waals surface area contributed by atoms with Crippen LogP contribution in [0, 0.1) is 25.7 Å². The molecule has 0 saturated heterocycles. The first-order chi connectivity index (χ1) is 32.0. The van der Waals surface area contributed by atoms with Crippen LogP contribution in [0.25, 0.3) is 49.9 Å². The number of benzene rings is 7. The Labute approximate surface area is 392 Å². The minimum Gasteiger partial charge on any atom is -0.509 e. The van der Waals surface area contributed by atoms with Crippen molar-refractivity contribution in [3.05, 3.63) is 199 Å². The van der Waals surface area contributed by atoms with E-state index in [4.69, 9.17) is 16.6 Å². The van der Waals surface area contributed by atoms with E-state index in [1.54, 1.807) is 6.20 Å². The number of pyridine rings is 1. The van der Waals surface area contributed by atoms with Crippen LogP contribution >= 0.6 is 0 Å². The average molecular weight is 1010 g/mol. The molecule has 0 atom stereocenters. The van der Waals surface area contributed by atoms with Crippen LogP contribution in [0.2, 0.25) is 0 Å². The number of aryl methyl sites for hydroxylation is 1. The maximum atomic E-state index is 8.59. The van der Waals surface area contributed by atoms with Crippen LogP contribution in [0.1, 0.15) is 65.1 Å². The van der Waals surface area contributed by atoms with Gasteiger partial charge >= 0.3 is 0 Å². The van der Waals surface area contributed by atoms with Crippen molar-refractivity contribution in [3.8, 4) is 39.6 Å². The Balaban J connectivity index is 0.00000578. The van der Waals surface area contributed by atoms with Gasteiger partial charge in [-0.1, -0.05) is 144 Å². The van der Waals surface area contributed by atoms with Gasteiger partial charge in [-0.2, -0.15) is 12.1 Å². The molecule has 0 aliphatic carbocycles. The van der Waals surface area contributed by atoms with Gasteiger partial charge in [0.05, 0.1) is 6.85 Å². The van der Waals surface area contributed by atoms with Crippen molar-refractivity contribution >= 4 is 44.6 Å². The maximum absolute atomic E-state index is 8.59. The number of nitrogens with zero attached hydrogens (tertiary/aromatic N) is 4. The average Bonchev–Trinajstić information content (AvgIpc) is 3.87. The number of hydrogen-bond acceptors (Lipinski definition) is 4. The zero-order valence-electron chi connectivity index (χ0n) is 41.3. The molecule has 9 aromatic rings. The first-order valence-corrected chi connectivity index (χ1v) is 21.0. The van der Waals surface area contributed by atoms with Gasteiger partial charge in [-0.3, -0.25) is 0 Å². The summed E-state index contributed by atoms with van der Waals surface area (Å²) in [7, 11) is 0. The van der Waals surface area contributed by atoms with Crippen LogP contribution in [0.5, 0.6) is 11.5 Å². The topological polar surface area (TPSA) is 33.5 Å². The van der Waals surface area contributed by atoms with Gasteiger partial charge in [-0.15, -0.1) is 48.1 Å². The molecule has 3 heterocycles. The summed E-state index contributed by atoms with van der Waals surface area (Å²) >= 11 is 0. The second kappa shape index (κ2) is 16.4. The molecule has 1 aliphatic rings. The quantitative estimate of drug-likeness (QED) is 0.149. The number of aromatic nitrogens is 2. The molecule has 0 N–H and O–H groups in total. The van der Waals surface area contributed by atoms with Crippen LogP contribution in [0.3, 0.4) is 0 Å². The van der Waals surface area contributed by atoms with Crippen molar-refractivity contribution < 1.29 is 32.7 Å². The Morgan fingerprint density at radius 3 is 2.06 bits per heavy atom. The normalized spacial score (nSPS) is 13.9. The number of rotatable bonds is 7. The van der Waals surface area contributed by atoms with Gasteiger partial charge in [-0.05, 0) is 81.3 Å². The van der Waals surface area contributed by atoms with Crippen LogP contribution in [-0.4, -0.2) is 9.55 Å². The van der Waals surface area contributed by atoms with E-state index in [1.807, 2.05) is 72.2 Å². The standard InChI is InChI=1S/C57H49N4O.Pt/c1-38-30-54(58-36-50(38)40-20-12-9-13-21-40)61-51-26-15-14-24-48(51)49-29-28-46(35-53(49)61)62-45-23-16-22-43(34-45)59-37-60(44-32-41(56(2,3)4)31-42(33-44)57(5,6)7)55-47(25-17-27-52(55)59)39-18-10-8-11-19-39;/h8-33,36-37H,1-7H3;/q-3;/i9D,12D,13D,20D,21D;. The summed E-state index contributed by atoms with van der Waals surface area (Å²) in [6, 6.07) is 49.2. The Morgan fingerprint density at radius 1 is 0.635 bits per heavy atom. The Bertz CT molecular complexity index is 3370. The molecule has 63 heavy (non-hydrogen) atoms. The summed E-state index contributed by atoms with van der Waals surface area (Å²) < 4.78 is 50.4. The molecule has 2 aromatic heterocycles. The molecule has 0 unspecified atom stereocenters. The fraction of sp³-hybridized carbons (Fsp3) is 0.158. The number of ether oxygens (including phenoxy) is 1. The van der Waals surface area contributed by atoms with E-state index in [2.05, 4.69) is 137 Å². The third-order valence-electron chi connectivity index (χ3n) is 11.6. The molecule has 0 amide bonds. The van der Waals surface area contributed by atoms with Gasteiger partial charge < -0.3 is 19.1 Å². The number of para-hydroxylation sites is 2. The van der Waals surface area contributed by atoms with Crippen molar-refractivity contribution in [1.29, 1.82) is 0 Å². The first kappa shape index (κ1) is 36.1. The van der Waals surface area contributed by atoms with E-state index in [0.29, 0.717) is 28.4 Å². The van der Waals surface area contributed by atoms with E-state index in [9.17, 15) is 0 Å². The van der Waals surface area contributed by atoms with E-state index in [-0.39, 0.29) is 61.6 Å². The molecule has 10 rings (SSSR count). The van der Waals surface area contributed by atoms with Crippen molar-refractivity contribution in [1.82, 2.24) is 9.55 Å². The first-order valence-electron chi connectivity index (χ1n) is 23.5. The molecule has 5 nitrogen and oxygen atoms in total. The second-order valence-corrected chi connectivity index (χ2v) is 18.0. The number of anilines is 4. The molecule has 0 spiro atoms. The van der Waals surface area contributed by atoms with Crippen LogP contribution in [0.15, 0.2) is 164 Å². The van der Waals surface area contributed by atoms with Gasteiger partial charge in [0.15, 0.2) is 0 Å². The number of hydrogen-bond donors (Lipinski definition) is 0. The summed E-state index contributed by atoms with van der Waals surface area (Å²) in [6.45, 7) is 17.6. The van der Waals surface area contributed by atoms with Gasteiger partial charge in [0.2, 0.25) is 0 Å². The van der Waals surface area contributed by atoms with Gasteiger partial charge in [0.1, 0.15) is 5.82 Å². The molecule has 6 heteroatoms. The molecule has 7 aromatic carbocycles. The van der Waals surface area contributed by atoms with E-state index < -0.39 is 6.04 Å². The predicted molar refractivity (Wildman–Crippen MR) is 257 cm³/mol. The molecule has 0 fully saturated rings. The third-order valence-corrected chi connectivity index (χ3v) is 11.6. The SMILES string of the molecule is [2H]c1c([2H])c([2H])c(-c2cnc(-n3c4[c-]c(Oc5[c-]c(N6[CH-]N(c7cc(C(C)(C)C)cc(C(C)(C)C)c7)c7c(-c8ccccc8)cccc76)ccc5)ccc4c4ccccc43)cc2C)c([2H])c1[2H].[Pt]. The summed E-state index contributed by atoms with van der Waals surface area (Å²) in [5.74, 6) is 1.60. The Kier molecular flexibility index (Phi) is 9.38. The fourth-order valence-electron chi connectivity index (χ4n) is 8.31. The van der Waals surface area contributed by atoms with Crippen molar-refractivity contribution in [2.75, 3.05) is 9.80 Å². The zero-order valence-corrected chi connectivity index (χ0v) is 38.6. The second-order valence-electron chi connectivity index (χ2n) is 18.0. The smallest absolute Gasteiger partial charge is 0.135 e. The molecule has 0 radical (unpaired) electrons. The van der Waals surface area contributed by atoms with E-state index in [1.165, 1.54) is 11.1 Å². The van der Waals surface area contributed by atoms with Gasteiger partial charge in [-0.25, -0.2) is 4.98 Å². The van der Waals surface area contributed by atoms with Crippen molar-refractivity contribution in [2.24, 2.45) is 0 Å². The fourth-order valence-corrected chi connectivity index (χ4v) is 8.31. The summed E-state index contributed by atoms with van der Waals surface area (Å²) in [5.41, 5.74) is 11.6. The minimum atomic E-state index is -0.430. The number of fused-ring (bicyclic) bond motifs is 4. The monoisotopic (exact) mass is 1010 g/mol. The molecule has 316 valence electrons. The van der Waals surface area contributed by atoms with E-state index in [0.717, 1.165) is 55.7 Å². The molecule has 1 aliphatic heterocycles. The zero-order chi connectivity index (χ0) is 47.1. The minimum absolute atomic E-state index is 0. The largest absolute Gasteiger partial charge is 0.509 e. The molecular formula is C57H49N4OPt-3. The summed E-state index contributed by atoms with van der Waals surface area (Å²) in [6.07, 6.45) is 1.59. The Morgan fingerprint density at radius 2 is 1.33 bits per heavy atom. The van der Waals surface area contributed by atoms with E-state index >= 15 is 0 Å². The molecule has 0 bridgehead atoms.